The van der Waals surface area contributed by atoms with E-state index in [-0.39, 0.29) is 17.5 Å². The van der Waals surface area contributed by atoms with Crippen LogP contribution in [0, 0.1) is 0 Å². The highest BCUT2D eigenvalue weighted by Crippen LogP contribution is 2.23. The minimum atomic E-state index is -0.000457. The Morgan fingerprint density at radius 3 is 2.32 bits per heavy atom. The summed E-state index contributed by atoms with van der Waals surface area (Å²) in [6, 6.07) is -0.000457. The van der Waals surface area contributed by atoms with Crippen LogP contribution in [-0.4, -0.2) is 73.7 Å². The highest BCUT2D eigenvalue weighted by molar-refractivity contribution is 5.81. The summed E-state index contributed by atoms with van der Waals surface area (Å²) in [6.07, 6.45) is 2.20. The van der Waals surface area contributed by atoms with Gasteiger partial charge < -0.3 is 15.0 Å². The molecule has 110 valence electrons. The number of amides is 1. The molecule has 2 fully saturated rings. The van der Waals surface area contributed by atoms with E-state index in [4.69, 9.17) is 4.74 Å². The fourth-order valence-corrected chi connectivity index (χ4v) is 2.86. The summed E-state index contributed by atoms with van der Waals surface area (Å²) in [5, 5.41) is 3.39. The number of carbonyl (C=O) groups excluding carboxylic acids is 1. The molecular formula is C14H27N3O2. The Hall–Kier alpha value is -0.650. The van der Waals surface area contributed by atoms with Crippen molar-refractivity contribution in [1.29, 1.82) is 0 Å². The van der Waals surface area contributed by atoms with Gasteiger partial charge in [-0.15, -0.1) is 0 Å². The first kappa shape index (κ1) is 14.8. The average molecular weight is 269 g/mol. The summed E-state index contributed by atoms with van der Waals surface area (Å²) in [5.74, 6) is 0.261. The molecule has 0 radical (unpaired) electrons. The number of ether oxygens (including phenoxy) is 1. The van der Waals surface area contributed by atoms with Gasteiger partial charge in [0.05, 0.1) is 19.3 Å². The number of hydrogen-bond acceptors (Lipinski definition) is 4. The maximum atomic E-state index is 12.4. The Morgan fingerprint density at radius 2 is 1.79 bits per heavy atom. The first-order chi connectivity index (χ1) is 9.06. The van der Waals surface area contributed by atoms with Gasteiger partial charge in [-0.05, 0) is 33.7 Å². The van der Waals surface area contributed by atoms with Gasteiger partial charge in [0.2, 0.25) is 5.91 Å². The van der Waals surface area contributed by atoms with Crippen LogP contribution in [0.1, 0.15) is 26.7 Å². The molecule has 0 spiro atoms. The fourth-order valence-electron chi connectivity index (χ4n) is 2.86. The number of carbonyl (C=O) groups is 1. The zero-order valence-electron chi connectivity index (χ0n) is 12.4. The van der Waals surface area contributed by atoms with E-state index >= 15 is 0 Å². The molecule has 1 amide bonds. The molecule has 5 heteroatoms. The summed E-state index contributed by atoms with van der Waals surface area (Å²) >= 11 is 0. The van der Waals surface area contributed by atoms with Gasteiger partial charge in [0.1, 0.15) is 0 Å². The lowest BCUT2D eigenvalue weighted by molar-refractivity contribution is -0.141. The molecular weight excluding hydrogens is 242 g/mol. The maximum absolute atomic E-state index is 12.4. The lowest BCUT2D eigenvalue weighted by Gasteiger charge is -2.42. The third-order valence-corrected chi connectivity index (χ3v) is 4.73. The van der Waals surface area contributed by atoms with E-state index in [0.29, 0.717) is 13.2 Å². The maximum Gasteiger partial charge on any atom is 0.239 e. The van der Waals surface area contributed by atoms with E-state index in [2.05, 4.69) is 17.1 Å². The van der Waals surface area contributed by atoms with Crippen LogP contribution in [0.3, 0.4) is 0 Å². The number of piperidine rings is 1. The topological polar surface area (TPSA) is 44.8 Å². The van der Waals surface area contributed by atoms with Crippen LogP contribution >= 0.6 is 0 Å². The second-order valence-corrected chi connectivity index (χ2v) is 5.96. The number of hydrogen-bond donors (Lipinski definition) is 1. The summed E-state index contributed by atoms with van der Waals surface area (Å²) in [4.78, 5) is 16.7. The number of nitrogens with one attached hydrogen (secondary N) is 1. The number of likely N-dealkylation sites (tertiary alicyclic amines) is 1. The number of nitrogens with zero attached hydrogens (tertiary/aromatic N) is 2. The van der Waals surface area contributed by atoms with Crippen LogP contribution in [0.5, 0.6) is 0 Å². The van der Waals surface area contributed by atoms with Crippen LogP contribution in [-0.2, 0) is 9.53 Å². The minimum absolute atomic E-state index is 0.000457. The van der Waals surface area contributed by atoms with Crippen molar-refractivity contribution in [3.05, 3.63) is 0 Å². The van der Waals surface area contributed by atoms with Crippen molar-refractivity contribution in [3.8, 4) is 0 Å². The molecule has 2 aliphatic rings. The standard InChI is InChI=1S/C14H27N3O2/c1-12(13(18)17-8-10-19-11-9-17)16-6-4-14(2,15-3)5-7-16/h12,15H,4-11H2,1-3H3. The third-order valence-electron chi connectivity index (χ3n) is 4.73. The molecule has 0 bridgehead atoms. The average Bonchev–Trinajstić information content (AvgIpc) is 2.47. The van der Waals surface area contributed by atoms with Crippen molar-refractivity contribution in [1.82, 2.24) is 15.1 Å². The van der Waals surface area contributed by atoms with E-state index in [1.165, 1.54) is 0 Å². The fraction of sp³-hybridized carbons (Fsp3) is 0.929. The Labute approximate surface area is 116 Å². The van der Waals surface area contributed by atoms with Crippen molar-refractivity contribution in [2.24, 2.45) is 0 Å². The van der Waals surface area contributed by atoms with E-state index in [0.717, 1.165) is 39.0 Å². The van der Waals surface area contributed by atoms with Gasteiger partial charge in [-0.3, -0.25) is 9.69 Å². The second-order valence-electron chi connectivity index (χ2n) is 5.96. The van der Waals surface area contributed by atoms with Gasteiger partial charge in [-0.2, -0.15) is 0 Å². The van der Waals surface area contributed by atoms with Gasteiger partial charge in [0.15, 0.2) is 0 Å². The van der Waals surface area contributed by atoms with Gasteiger partial charge in [-0.25, -0.2) is 0 Å². The van der Waals surface area contributed by atoms with Gasteiger partial charge in [-0.1, -0.05) is 0 Å². The van der Waals surface area contributed by atoms with E-state index in [1.54, 1.807) is 0 Å². The molecule has 1 N–H and O–H groups in total. The summed E-state index contributed by atoms with van der Waals surface area (Å²) in [6.45, 7) is 9.13. The molecule has 0 aliphatic carbocycles. The largest absolute Gasteiger partial charge is 0.378 e. The van der Waals surface area contributed by atoms with Gasteiger partial charge >= 0.3 is 0 Å². The van der Waals surface area contributed by atoms with Crippen LogP contribution in [0.25, 0.3) is 0 Å². The smallest absolute Gasteiger partial charge is 0.239 e. The molecule has 19 heavy (non-hydrogen) atoms. The molecule has 0 saturated carbocycles. The second kappa shape index (κ2) is 6.20. The molecule has 0 aromatic heterocycles. The van der Waals surface area contributed by atoms with Crippen molar-refractivity contribution in [3.63, 3.8) is 0 Å². The highest BCUT2D eigenvalue weighted by atomic mass is 16.5. The van der Waals surface area contributed by atoms with Gasteiger partial charge in [0, 0.05) is 31.7 Å². The molecule has 2 heterocycles. The Morgan fingerprint density at radius 1 is 1.21 bits per heavy atom. The predicted molar refractivity (Wildman–Crippen MR) is 75.1 cm³/mol. The highest BCUT2D eigenvalue weighted by Gasteiger charge is 2.33. The Bertz CT molecular complexity index is 308. The number of morpholine rings is 1. The molecule has 2 aliphatic heterocycles. The summed E-state index contributed by atoms with van der Waals surface area (Å²) < 4.78 is 5.30. The summed E-state index contributed by atoms with van der Waals surface area (Å²) in [7, 11) is 2.03. The van der Waals surface area contributed by atoms with Crippen LogP contribution < -0.4 is 5.32 Å². The molecule has 0 aromatic rings. The van der Waals surface area contributed by atoms with E-state index < -0.39 is 0 Å². The lowest BCUT2D eigenvalue weighted by atomic mass is 9.89. The number of rotatable bonds is 3. The quantitative estimate of drug-likeness (QED) is 0.801. The molecule has 1 atom stereocenters. The van der Waals surface area contributed by atoms with E-state index in [1.807, 2.05) is 18.9 Å². The van der Waals surface area contributed by atoms with Crippen molar-refractivity contribution < 1.29 is 9.53 Å². The Kier molecular flexibility index (Phi) is 4.81. The van der Waals surface area contributed by atoms with Crippen molar-refractivity contribution >= 4 is 5.91 Å². The minimum Gasteiger partial charge on any atom is -0.378 e. The normalized spacial score (nSPS) is 26.2. The molecule has 1 unspecified atom stereocenters. The summed E-state index contributed by atoms with van der Waals surface area (Å²) in [5.41, 5.74) is 0.234. The third kappa shape index (κ3) is 3.46. The Balaban J connectivity index is 1.86. The lowest BCUT2D eigenvalue weighted by Crippen LogP contribution is -2.56. The zero-order valence-corrected chi connectivity index (χ0v) is 12.4. The van der Waals surface area contributed by atoms with E-state index in [9.17, 15) is 4.79 Å². The van der Waals surface area contributed by atoms with Crippen LogP contribution in [0.15, 0.2) is 0 Å². The molecule has 0 aromatic carbocycles. The van der Waals surface area contributed by atoms with Crippen molar-refractivity contribution in [2.45, 2.75) is 38.3 Å². The zero-order chi connectivity index (χ0) is 13.9. The first-order valence-electron chi connectivity index (χ1n) is 7.35. The molecule has 2 saturated heterocycles. The molecule has 5 nitrogen and oxygen atoms in total. The van der Waals surface area contributed by atoms with Crippen LogP contribution in [0.4, 0.5) is 0 Å². The SMILES string of the molecule is CNC1(C)CCN(C(C)C(=O)N2CCOCC2)CC1. The van der Waals surface area contributed by atoms with Crippen molar-refractivity contribution in [2.75, 3.05) is 46.4 Å². The van der Waals surface area contributed by atoms with Crippen LogP contribution in [0.2, 0.25) is 0 Å². The molecule has 2 rings (SSSR count). The predicted octanol–water partition coefficient (Wildman–Crippen LogP) is 0.308. The first-order valence-corrected chi connectivity index (χ1v) is 7.35. The van der Waals surface area contributed by atoms with Gasteiger partial charge in [0.25, 0.3) is 0 Å². The monoisotopic (exact) mass is 269 g/mol.